The summed E-state index contributed by atoms with van der Waals surface area (Å²) in [5, 5.41) is 40.8. The largest absolute Gasteiger partial charge is 0.506 e. The van der Waals surface area contributed by atoms with Crippen LogP contribution >= 0.6 is 0 Å². The minimum Gasteiger partial charge on any atom is -0.506 e. The molecule has 174 valence electrons. The molecule has 2 aromatic rings. The maximum absolute atomic E-state index is 14.1. The molecule has 0 saturated heterocycles. The highest BCUT2D eigenvalue weighted by Crippen LogP contribution is 2.38. The highest BCUT2D eigenvalue weighted by molar-refractivity contribution is 6.03. The standard InChI is InChI=1S/C20H16F3N3O7/c1-25(9-11-5-12(33-20(22)23)3-4-14(11)21)19(29)13(8-24)17(27)10-6-15(26(30)31)18(28)16(7-10)32-2/h3-7,20,27-28H,9H2,1-2H3/b17-13-. The fourth-order valence-corrected chi connectivity index (χ4v) is 2.74. The summed E-state index contributed by atoms with van der Waals surface area (Å²) in [6.45, 7) is -3.65. The van der Waals surface area contributed by atoms with E-state index in [1.54, 1.807) is 0 Å². The van der Waals surface area contributed by atoms with Crippen molar-refractivity contribution >= 4 is 17.4 Å². The molecule has 13 heteroatoms. The summed E-state index contributed by atoms with van der Waals surface area (Å²) in [6, 6.07) is 5.91. The van der Waals surface area contributed by atoms with E-state index in [1.807, 2.05) is 0 Å². The molecule has 33 heavy (non-hydrogen) atoms. The van der Waals surface area contributed by atoms with Crippen LogP contribution in [0.15, 0.2) is 35.9 Å². The first-order chi connectivity index (χ1) is 15.5. The number of rotatable bonds is 8. The number of hydrogen-bond donors (Lipinski definition) is 2. The third-order valence-corrected chi connectivity index (χ3v) is 4.30. The van der Waals surface area contributed by atoms with Gasteiger partial charge in [-0.1, -0.05) is 0 Å². The van der Waals surface area contributed by atoms with Crippen molar-refractivity contribution in [2.75, 3.05) is 14.2 Å². The molecule has 0 spiro atoms. The zero-order chi connectivity index (χ0) is 24.9. The Morgan fingerprint density at radius 1 is 1.33 bits per heavy atom. The lowest BCUT2D eigenvalue weighted by atomic mass is 10.1. The lowest BCUT2D eigenvalue weighted by Crippen LogP contribution is -2.28. The lowest BCUT2D eigenvalue weighted by Gasteiger charge is -2.18. The molecule has 2 N–H and O–H groups in total. The molecule has 0 radical (unpaired) electrons. The molecule has 0 atom stereocenters. The fourth-order valence-electron chi connectivity index (χ4n) is 2.74. The SMILES string of the molecule is COc1cc(/C(O)=C(\C#N)C(=O)N(C)Cc2cc(OC(F)F)ccc2F)cc([N+](=O)[O-])c1O. The van der Waals surface area contributed by atoms with Gasteiger partial charge in [0.05, 0.1) is 12.0 Å². The Morgan fingerprint density at radius 3 is 2.55 bits per heavy atom. The number of phenolic OH excluding ortho intramolecular Hbond substituents is 1. The minimum atomic E-state index is -3.15. The van der Waals surface area contributed by atoms with Crippen LogP contribution < -0.4 is 9.47 Å². The van der Waals surface area contributed by atoms with E-state index >= 15 is 0 Å². The van der Waals surface area contributed by atoms with Crippen LogP contribution in [0.4, 0.5) is 18.9 Å². The molecular formula is C20H16F3N3O7. The number of nitriles is 1. The number of nitro benzene ring substituents is 1. The number of amides is 1. The van der Waals surface area contributed by atoms with E-state index < -0.39 is 58.3 Å². The van der Waals surface area contributed by atoms with Crippen molar-refractivity contribution < 1.29 is 42.6 Å². The number of aromatic hydroxyl groups is 1. The maximum Gasteiger partial charge on any atom is 0.387 e. The summed E-state index contributed by atoms with van der Waals surface area (Å²) in [4.78, 5) is 23.7. The van der Waals surface area contributed by atoms with Gasteiger partial charge in [0.1, 0.15) is 23.4 Å². The first kappa shape index (κ1) is 24.8. The monoisotopic (exact) mass is 467 g/mol. The molecule has 2 rings (SSSR count). The zero-order valence-corrected chi connectivity index (χ0v) is 17.1. The van der Waals surface area contributed by atoms with Crippen molar-refractivity contribution in [1.82, 2.24) is 4.90 Å². The van der Waals surface area contributed by atoms with Crippen LogP contribution in [0.2, 0.25) is 0 Å². The number of methoxy groups -OCH3 is 1. The van der Waals surface area contributed by atoms with Gasteiger partial charge in [0.15, 0.2) is 11.3 Å². The summed E-state index contributed by atoms with van der Waals surface area (Å²) >= 11 is 0. The second kappa shape index (κ2) is 10.2. The van der Waals surface area contributed by atoms with Gasteiger partial charge in [-0.3, -0.25) is 14.9 Å². The Bertz CT molecular complexity index is 1160. The fraction of sp³-hybridized carbons (Fsp3) is 0.200. The molecule has 2 aromatic carbocycles. The number of carbonyl (C=O) groups is 1. The van der Waals surface area contributed by atoms with Gasteiger partial charge in [0.25, 0.3) is 5.91 Å². The molecule has 0 heterocycles. The molecule has 1 amide bonds. The van der Waals surface area contributed by atoms with Crippen LogP contribution in [0.5, 0.6) is 17.2 Å². The Balaban J connectivity index is 2.43. The van der Waals surface area contributed by atoms with Crippen molar-refractivity contribution in [3.63, 3.8) is 0 Å². The minimum absolute atomic E-state index is 0.220. The molecule has 0 bridgehead atoms. The van der Waals surface area contributed by atoms with Crippen molar-refractivity contribution in [2.45, 2.75) is 13.2 Å². The van der Waals surface area contributed by atoms with Crippen molar-refractivity contribution in [3.8, 4) is 23.3 Å². The number of aliphatic hydroxyl groups is 1. The van der Waals surface area contributed by atoms with Gasteiger partial charge in [-0.2, -0.15) is 14.0 Å². The quantitative estimate of drug-likeness (QED) is 0.197. The van der Waals surface area contributed by atoms with Crippen LogP contribution in [0.1, 0.15) is 11.1 Å². The summed E-state index contributed by atoms with van der Waals surface area (Å²) < 4.78 is 47.8. The van der Waals surface area contributed by atoms with E-state index in [0.717, 1.165) is 49.4 Å². The number of halogens is 3. The topological polar surface area (TPSA) is 146 Å². The molecule has 0 aliphatic carbocycles. The summed E-state index contributed by atoms with van der Waals surface area (Å²) in [5.41, 5.74) is -2.32. The van der Waals surface area contributed by atoms with Gasteiger partial charge in [0.2, 0.25) is 5.75 Å². The van der Waals surface area contributed by atoms with Crippen LogP contribution in [-0.4, -0.2) is 46.7 Å². The molecule has 10 nitrogen and oxygen atoms in total. The average Bonchev–Trinajstić information content (AvgIpc) is 2.75. The van der Waals surface area contributed by atoms with Gasteiger partial charge in [-0.15, -0.1) is 0 Å². The number of aliphatic hydroxyl groups excluding tert-OH is 1. The average molecular weight is 467 g/mol. The van der Waals surface area contributed by atoms with Gasteiger partial charge in [0, 0.05) is 30.8 Å². The Kier molecular flexibility index (Phi) is 7.68. The van der Waals surface area contributed by atoms with Crippen LogP contribution in [0.25, 0.3) is 5.76 Å². The van der Waals surface area contributed by atoms with Gasteiger partial charge in [-0.25, -0.2) is 4.39 Å². The number of nitro groups is 1. The number of hydrogen-bond acceptors (Lipinski definition) is 8. The van der Waals surface area contributed by atoms with Gasteiger partial charge in [-0.05, 0) is 24.3 Å². The number of ether oxygens (including phenoxy) is 2. The number of benzene rings is 2. The van der Waals surface area contributed by atoms with Gasteiger partial charge < -0.3 is 24.6 Å². The molecule has 0 saturated carbocycles. The van der Waals surface area contributed by atoms with Crippen LogP contribution in [-0.2, 0) is 11.3 Å². The molecule has 0 aliphatic heterocycles. The van der Waals surface area contributed by atoms with E-state index in [9.17, 15) is 43.6 Å². The molecule has 0 unspecified atom stereocenters. The van der Waals surface area contributed by atoms with Crippen molar-refractivity contribution in [1.29, 1.82) is 5.26 Å². The van der Waals surface area contributed by atoms with Gasteiger partial charge >= 0.3 is 12.3 Å². The third kappa shape index (κ3) is 5.62. The second-order valence-electron chi connectivity index (χ2n) is 6.43. The number of phenols is 1. The lowest BCUT2D eigenvalue weighted by molar-refractivity contribution is -0.386. The van der Waals surface area contributed by atoms with E-state index in [4.69, 9.17) is 4.74 Å². The highest BCUT2D eigenvalue weighted by atomic mass is 19.3. The number of likely N-dealkylation sites (N-methyl/N-ethyl adjacent to an activating group) is 1. The van der Waals surface area contributed by atoms with E-state index in [1.165, 1.54) is 6.07 Å². The molecular weight excluding hydrogens is 451 g/mol. The normalized spacial score (nSPS) is 11.4. The predicted octanol–water partition coefficient (Wildman–Crippen LogP) is 3.50. The van der Waals surface area contributed by atoms with Crippen LogP contribution in [0.3, 0.4) is 0 Å². The molecule has 0 aliphatic rings. The number of alkyl halides is 2. The molecule has 0 aromatic heterocycles. The smallest absolute Gasteiger partial charge is 0.387 e. The highest BCUT2D eigenvalue weighted by Gasteiger charge is 2.26. The maximum atomic E-state index is 14.1. The third-order valence-electron chi connectivity index (χ3n) is 4.30. The summed E-state index contributed by atoms with van der Waals surface area (Å²) in [6.07, 6.45) is 0. The van der Waals surface area contributed by atoms with Crippen molar-refractivity contribution in [3.05, 3.63) is 63.0 Å². The van der Waals surface area contributed by atoms with E-state index in [-0.39, 0.29) is 16.9 Å². The Labute approximate surface area is 184 Å². The van der Waals surface area contributed by atoms with Crippen molar-refractivity contribution in [2.24, 2.45) is 0 Å². The number of carbonyl (C=O) groups excluding carboxylic acids is 1. The Hall–Kier alpha value is -4.47. The summed E-state index contributed by atoms with van der Waals surface area (Å²) in [5.74, 6) is -4.51. The Morgan fingerprint density at radius 2 is 2.00 bits per heavy atom. The van der Waals surface area contributed by atoms with E-state index in [2.05, 4.69) is 4.74 Å². The molecule has 0 fully saturated rings. The first-order valence-electron chi connectivity index (χ1n) is 8.87. The zero-order valence-electron chi connectivity index (χ0n) is 17.1. The summed E-state index contributed by atoms with van der Waals surface area (Å²) in [7, 11) is 2.24. The number of nitrogens with zero attached hydrogens (tertiary/aromatic N) is 3. The van der Waals surface area contributed by atoms with E-state index in [0.29, 0.717) is 0 Å². The second-order valence-corrected chi connectivity index (χ2v) is 6.43. The van der Waals surface area contributed by atoms with Crippen LogP contribution in [0, 0.1) is 27.3 Å². The predicted molar refractivity (Wildman–Crippen MR) is 106 cm³/mol. The first-order valence-corrected chi connectivity index (χ1v) is 8.87.